The summed E-state index contributed by atoms with van der Waals surface area (Å²) in [6.07, 6.45) is 2.24. The van der Waals surface area contributed by atoms with E-state index in [1.807, 2.05) is 6.92 Å². The fraction of sp³-hybridized carbons (Fsp3) is 0.800. The zero-order chi connectivity index (χ0) is 11.0. The maximum absolute atomic E-state index is 11.4. The fourth-order valence-corrected chi connectivity index (χ4v) is 2.59. The fourth-order valence-electron chi connectivity index (χ4n) is 2.59. The molecule has 0 radical (unpaired) electrons. The first-order chi connectivity index (χ1) is 7.09. The number of piperazine rings is 1. The van der Waals surface area contributed by atoms with E-state index in [-0.39, 0.29) is 6.04 Å². The van der Waals surface area contributed by atoms with Gasteiger partial charge >= 0.3 is 11.9 Å². The number of aliphatic carboxylic acids is 1. The summed E-state index contributed by atoms with van der Waals surface area (Å²) in [6.45, 7) is 4.38. The summed E-state index contributed by atoms with van der Waals surface area (Å²) in [6, 6.07) is 0.396. The van der Waals surface area contributed by atoms with E-state index < -0.39 is 11.9 Å². The standard InChI is InChI=1S/C10H16N2O3/c1-7-5-11-4-2-3-8(11)6-12(7)9(13)10(14)15/h7-8H,2-6H2,1H3,(H,14,15). The van der Waals surface area contributed by atoms with Crippen LogP contribution in [0.4, 0.5) is 0 Å². The van der Waals surface area contributed by atoms with Crippen LogP contribution in [0.25, 0.3) is 0 Å². The number of amides is 1. The number of nitrogens with zero attached hydrogens (tertiary/aromatic N) is 2. The molecule has 2 unspecified atom stereocenters. The first kappa shape index (κ1) is 10.4. The van der Waals surface area contributed by atoms with Gasteiger partial charge in [0.25, 0.3) is 0 Å². The Balaban J connectivity index is 2.07. The lowest BCUT2D eigenvalue weighted by Crippen LogP contribution is -2.58. The van der Waals surface area contributed by atoms with Gasteiger partial charge < -0.3 is 10.0 Å². The van der Waals surface area contributed by atoms with Crippen LogP contribution in [-0.4, -0.2) is 58.5 Å². The Bertz CT molecular complexity index is 292. The Kier molecular flexibility index (Phi) is 2.65. The SMILES string of the molecule is CC1CN2CCCC2CN1C(=O)C(=O)O. The third-order valence-electron chi connectivity index (χ3n) is 3.38. The van der Waals surface area contributed by atoms with Crippen molar-refractivity contribution in [3.8, 4) is 0 Å². The smallest absolute Gasteiger partial charge is 0.394 e. The lowest BCUT2D eigenvalue weighted by atomic mass is 10.1. The molecule has 2 saturated heterocycles. The van der Waals surface area contributed by atoms with Crippen LogP contribution < -0.4 is 0 Å². The van der Waals surface area contributed by atoms with Gasteiger partial charge in [-0.3, -0.25) is 9.69 Å². The molecule has 0 aliphatic carbocycles. The van der Waals surface area contributed by atoms with Crippen molar-refractivity contribution in [3.05, 3.63) is 0 Å². The van der Waals surface area contributed by atoms with Gasteiger partial charge in [-0.05, 0) is 26.3 Å². The topological polar surface area (TPSA) is 60.9 Å². The normalized spacial score (nSPS) is 31.4. The summed E-state index contributed by atoms with van der Waals surface area (Å²) in [5.74, 6) is -2.10. The molecule has 0 bridgehead atoms. The second-order valence-corrected chi connectivity index (χ2v) is 4.40. The number of carbonyl (C=O) groups excluding carboxylic acids is 1. The van der Waals surface area contributed by atoms with Gasteiger partial charge in [-0.2, -0.15) is 0 Å². The maximum atomic E-state index is 11.4. The average Bonchev–Trinajstić information content (AvgIpc) is 2.62. The lowest BCUT2D eigenvalue weighted by molar-refractivity contribution is -0.159. The van der Waals surface area contributed by atoms with E-state index in [9.17, 15) is 9.59 Å². The van der Waals surface area contributed by atoms with Crippen molar-refractivity contribution in [3.63, 3.8) is 0 Å². The molecule has 5 nitrogen and oxygen atoms in total. The van der Waals surface area contributed by atoms with Gasteiger partial charge in [0, 0.05) is 25.2 Å². The van der Waals surface area contributed by atoms with Crippen molar-refractivity contribution < 1.29 is 14.7 Å². The summed E-state index contributed by atoms with van der Waals surface area (Å²) < 4.78 is 0. The van der Waals surface area contributed by atoms with Crippen LogP contribution in [0, 0.1) is 0 Å². The maximum Gasteiger partial charge on any atom is 0.394 e. The zero-order valence-corrected chi connectivity index (χ0v) is 8.85. The van der Waals surface area contributed by atoms with Crippen molar-refractivity contribution in [2.24, 2.45) is 0 Å². The summed E-state index contributed by atoms with van der Waals surface area (Å²) in [5, 5.41) is 8.69. The number of carbonyl (C=O) groups is 2. The molecule has 2 heterocycles. The number of carboxylic acids is 1. The number of fused-ring (bicyclic) bond motifs is 1. The Morgan fingerprint density at radius 3 is 2.73 bits per heavy atom. The van der Waals surface area contributed by atoms with Crippen molar-refractivity contribution in [1.82, 2.24) is 9.80 Å². The van der Waals surface area contributed by atoms with Gasteiger partial charge in [0.1, 0.15) is 0 Å². The van der Waals surface area contributed by atoms with Gasteiger partial charge in [0.2, 0.25) is 0 Å². The van der Waals surface area contributed by atoms with Gasteiger partial charge in [-0.25, -0.2) is 4.79 Å². The highest BCUT2D eigenvalue weighted by molar-refractivity contribution is 6.31. The molecule has 5 heteroatoms. The summed E-state index contributed by atoms with van der Waals surface area (Å²) in [7, 11) is 0. The van der Waals surface area contributed by atoms with Crippen molar-refractivity contribution in [2.75, 3.05) is 19.6 Å². The Hall–Kier alpha value is -1.10. The molecule has 0 saturated carbocycles. The number of hydrogen-bond donors (Lipinski definition) is 1. The van der Waals surface area contributed by atoms with E-state index >= 15 is 0 Å². The molecule has 0 aromatic carbocycles. The highest BCUT2D eigenvalue weighted by Crippen LogP contribution is 2.24. The Morgan fingerprint density at radius 2 is 2.07 bits per heavy atom. The predicted octanol–water partition coefficient (Wildman–Crippen LogP) is -0.234. The molecule has 2 aliphatic heterocycles. The third-order valence-corrected chi connectivity index (χ3v) is 3.38. The first-order valence-electron chi connectivity index (χ1n) is 5.37. The minimum Gasteiger partial charge on any atom is -0.474 e. The molecule has 1 N–H and O–H groups in total. The molecule has 84 valence electrons. The summed E-state index contributed by atoms with van der Waals surface area (Å²) in [4.78, 5) is 25.9. The molecule has 2 aliphatic rings. The molecule has 2 atom stereocenters. The molecular formula is C10H16N2O3. The molecule has 0 aromatic rings. The lowest BCUT2D eigenvalue weighted by Gasteiger charge is -2.41. The Labute approximate surface area is 88.6 Å². The van der Waals surface area contributed by atoms with E-state index in [4.69, 9.17) is 5.11 Å². The number of carboxylic acid groups (broad SMARTS) is 1. The van der Waals surface area contributed by atoms with Crippen LogP contribution in [0.15, 0.2) is 0 Å². The van der Waals surface area contributed by atoms with Crippen LogP contribution in [0.1, 0.15) is 19.8 Å². The van der Waals surface area contributed by atoms with Gasteiger partial charge in [0.15, 0.2) is 0 Å². The van der Waals surface area contributed by atoms with E-state index in [0.29, 0.717) is 12.6 Å². The van der Waals surface area contributed by atoms with Gasteiger partial charge in [-0.15, -0.1) is 0 Å². The highest BCUT2D eigenvalue weighted by atomic mass is 16.4. The van der Waals surface area contributed by atoms with Crippen molar-refractivity contribution in [2.45, 2.75) is 31.8 Å². The largest absolute Gasteiger partial charge is 0.474 e. The number of rotatable bonds is 0. The van der Waals surface area contributed by atoms with E-state index in [1.54, 1.807) is 0 Å². The predicted molar refractivity (Wildman–Crippen MR) is 53.4 cm³/mol. The molecule has 2 fully saturated rings. The number of hydrogen-bond acceptors (Lipinski definition) is 3. The van der Waals surface area contributed by atoms with E-state index in [0.717, 1.165) is 25.9 Å². The molecule has 2 rings (SSSR count). The van der Waals surface area contributed by atoms with E-state index in [1.165, 1.54) is 4.90 Å². The molecule has 1 amide bonds. The van der Waals surface area contributed by atoms with Crippen LogP contribution in [0.3, 0.4) is 0 Å². The summed E-state index contributed by atoms with van der Waals surface area (Å²) >= 11 is 0. The minimum absolute atomic E-state index is 0.0166. The first-order valence-corrected chi connectivity index (χ1v) is 5.37. The monoisotopic (exact) mass is 212 g/mol. The molecule has 15 heavy (non-hydrogen) atoms. The quantitative estimate of drug-likeness (QED) is 0.563. The van der Waals surface area contributed by atoms with E-state index in [2.05, 4.69) is 4.90 Å². The molecule has 0 aromatic heterocycles. The molecule has 0 spiro atoms. The zero-order valence-electron chi connectivity index (χ0n) is 8.85. The van der Waals surface area contributed by atoms with Crippen molar-refractivity contribution >= 4 is 11.9 Å². The minimum atomic E-state index is -1.34. The van der Waals surface area contributed by atoms with Gasteiger partial charge in [0.05, 0.1) is 0 Å². The average molecular weight is 212 g/mol. The van der Waals surface area contributed by atoms with Gasteiger partial charge in [-0.1, -0.05) is 0 Å². The second-order valence-electron chi connectivity index (χ2n) is 4.40. The van der Waals surface area contributed by atoms with Crippen molar-refractivity contribution in [1.29, 1.82) is 0 Å². The van der Waals surface area contributed by atoms with Crippen LogP contribution in [0.2, 0.25) is 0 Å². The molecular weight excluding hydrogens is 196 g/mol. The Morgan fingerprint density at radius 1 is 1.33 bits per heavy atom. The van der Waals surface area contributed by atoms with Crippen LogP contribution in [-0.2, 0) is 9.59 Å². The summed E-state index contributed by atoms with van der Waals surface area (Å²) in [5.41, 5.74) is 0. The second kappa shape index (κ2) is 3.81. The van der Waals surface area contributed by atoms with Crippen LogP contribution >= 0.6 is 0 Å². The highest BCUT2D eigenvalue weighted by Gasteiger charge is 2.38. The van der Waals surface area contributed by atoms with Crippen LogP contribution in [0.5, 0.6) is 0 Å². The third kappa shape index (κ3) is 1.84.